The normalized spacial score (nSPS) is 11.8. The van der Waals surface area contributed by atoms with Crippen molar-refractivity contribution >= 4 is 11.3 Å². The lowest BCUT2D eigenvalue weighted by Crippen LogP contribution is -2.05. The van der Waals surface area contributed by atoms with Crippen molar-refractivity contribution in [1.82, 2.24) is 4.98 Å². The molecule has 0 aliphatic rings. The summed E-state index contributed by atoms with van der Waals surface area (Å²) < 4.78 is 5.94. The number of nitrogens with zero attached hydrogens (tertiary/aromatic N) is 2. The van der Waals surface area contributed by atoms with Crippen molar-refractivity contribution in [3.8, 4) is 27.8 Å². The molecule has 31 heavy (non-hydrogen) atoms. The Labute approximate surface area is 186 Å². The van der Waals surface area contributed by atoms with Crippen molar-refractivity contribution in [3.63, 3.8) is 0 Å². The topological polar surface area (TPSA) is 71.9 Å². The first-order valence-electron chi connectivity index (χ1n) is 10.1. The van der Waals surface area contributed by atoms with E-state index in [1.54, 1.807) is 18.4 Å². The van der Waals surface area contributed by atoms with E-state index in [4.69, 9.17) is 10.5 Å². The number of hydrogen-bond donors (Lipinski definition) is 1. The first-order valence-corrected chi connectivity index (χ1v) is 10.9. The summed E-state index contributed by atoms with van der Waals surface area (Å²) in [6, 6.07) is 26.5. The second kappa shape index (κ2) is 9.67. The van der Waals surface area contributed by atoms with Crippen molar-refractivity contribution in [2.24, 2.45) is 5.73 Å². The Morgan fingerprint density at radius 3 is 2.48 bits per heavy atom. The van der Waals surface area contributed by atoms with Gasteiger partial charge in [-0.2, -0.15) is 5.26 Å². The highest BCUT2D eigenvalue weighted by Crippen LogP contribution is 2.38. The Kier molecular flexibility index (Phi) is 6.54. The lowest BCUT2D eigenvalue weighted by atomic mass is 9.93. The van der Waals surface area contributed by atoms with Gasteiger partial charge in [0.15, 0.2) is 0 Å². The molecule has 3 aromatic carbocycles. The largest absolute Gasteiger partial charge is 0.371 e. The van der Waals surface area contributed by atoms with Crippen molar-refractivity contribution < 1.29 is 4.74 Å². The number of nitrogens with two attached hydrogens (primary N) is 1. The molecule has 1 heterocycles. The summed E-state index contributed by atoms with van der Waals surface area (Å²) in [5, 5.41) is 10.4. The van der Waals surface area contributed by atoms with Crippen LogP contribution in [0.3, 0.4) is 0 Å². The number of methoxy groups -OCH3 is 1. The average Bonchev–Trinajstić information content (AvgIpc) is 3.31. The third-order valence-electron chi connectivity index (χ3n) is 5.20. The highest BCUT2D eigenvalue weighted by molar-refractivity contribution is 7.15. The molecule has 4 aromatic rings. The van der Waals surface area contributed by atoms with Gasteiger partial charge in [0, 0.05) is 18.9 Å². The van der Waals surface area contributed by atoms with Gasteiger partial charge in [0.2, 0.25) is 0 Å². The predicted molar refractivity (Wildman–Crippen MR) is 126 cm³/mol. The fourth-order valence-corrected chi connectivity index (χ4v) is 4.67. The van der Waals surface area contributed by atoms with Gasteiger partial charge in [-0.05, 0) is 47.4 Å². The predicted octanol–water partition coefficient (Wildman–Crippen LogP) is 5.59. The molecule has 1 aromatic heterocycles. The van der Waals surface area contributed by atoms with Crippen LogP contribution >= 0.6 is 11.3 Å². The molecule has 0 saturated heterocycles. The molecule has 4 rings (SSSR count). The minimum Gasteiger partial charge on any atom is -0.371 e. The molecule has 154 valence electrons. The number of hydrogen-bond acceptors (Lipinski definition) is 5. The number of aromatic nitrogens is 1. The van der Waals surface area contributed by atoms with Crippen molar-refractivity contribution in [2.75, 3.05) is 13.7 Å². The molecule has 0 aliphatic carbocycles. The van der Waals surface area contributed by atoms with Crippen LogP contribution in [0.25, 0.3) is 21.7 Å². The van der Waals surface area contributed by atoms with Crippen LogP contribution in [0, 0.1) is 11.3 Å². The quantitative estimate of drug-likeness (QED) is 0.419. The third kappa shape index (κ3) is 4.57. The molecule has 0 amide bonds. The lowest BCUT2D eigenvalue weighted by molar-refractivity contribution is 0.139. The maximum Gasteiger partial charge on any atom is 0.123 e. The van der Waals surface area contributed by atoms with E-state index in [1.807, 2.05) is 42.6 Å². The van der Waals surface area contributed by atoms with Crippen molar-refractivity contribution in [3.05, 3.63) is 101 Å². The molecule has 5 heteroatoms. The average molecular weight is 426 g/mol. The zero-order chi connectivity index (χ0) is 21.6. The number of rotatable bonds is 7. The van der Waals surface area contributed by atoms with Crippen molar-refractivity contribution in [1.29, 1.82) is 5.26 Å². The van der Waals surface area contributed by atoms with Crippen LogP contribution in [0.4, 0.5) is 0 Å². The van der Waals surface area contributed by atoms with Crippen LogP contribution in [0.15, 0.2) is 79.0 Å². The minimum atomic E-state index is -0.318. The van der Waals surface area contributed by atoms with Gasteiger partial charge in [0.05, 0.1) is 16.5 Å². The zero-order valence-electron chi connectivity index (χ0n) is 17.3. The molecular formula is C26H23N3OS. The molecule has 4 nitrogen and oxygen atoms in total. The van der Waals surface area contributed by atoms with Gasteiger partial charge < -0.3 is 10.5 Å². The van der Waals surface area contributed by atoms with E-state index < -0.39 is 0 Å². The van der Waals surface area contributed by atoms with Gasteiger partial charge in [-0.25, -0.2) is 4.98 Å². The Morgan fingerprint density at radius 2 is 1.81 bits per heavy atom. The minimum absolute atomic E-state index is 0.318. The van der Waals surface area contributed by atoms with E-state index in [9.17, 15) is 5.26 Å². The smallest absolute Gasteiger partial charge is 0.123 e. The molecule has 0 spiro atoms. The zero-order valence-corrected chi connectivity index (χ0v) is 18.1. The fourth-order valence-electron chi connectivity index (χ4n) is 3.65. The Balaban J connectivity index is 1.76. The Hall–Kier alpha value is -3.30. The Bertz CT molecular complexity index is 1190. The number of benzene rings is 3. The van der Waals surface area contributed by atoms with Gasteiger partial charge >= 0.3 is 0 Å². The Morgan fingerprint density at radius 1 is 1.03 bits per heavy atom. The second-order valence-electron chi connectivity index (χ2n) is 7.20. The molecule has 2 N–H and O–H groups in total. The summed E-state index contributed by atoms with van der Waals surface area (Å²) in [4.78, 5) is 5.62. The standard InChI is InChI=1S/C26H23N3OS/c1-30-25(24-17-29-26(31-24)21-5-3-2-4-6-21)23-15-19(16-28)9-12-22(23)20-10-7-18(8-11-20)13-14-27/h2-12,15,17,25H,13-14,27H2,1H3. The molecular weight excluding hydrogens is 402 g/mol. The SMILES string of the molecule is COC(c1cnc(-c2ccccc2)s1)c1cc(C#N)ccc1-c1ccc(CCN)cc1. The summed E-state index contributed by atoms with van der Waals surface area (Å²) >= 11 is 1.61. The van der Waals surface area contributed by atoms with E-state index in [0.29, 0.717) is 12.1 Å². The van der Waals surface area contributed by atoms with Gasteiger partial charge in [-0.15, -0.1) is 11.3 Å². The van der Waals surface area contributed by atoms with Crippen LogP contribution in [0.1, 0.15) is 27.7 Å². The number of nitriles is 1. The number of thiazole rings is 1. The van der Waals surface area contributed by atoms with E-state index in [-0.39, 0.29) is 6.10 Å². The molecule has 0 radical (unpaired) electrons. The first-order chi connectivity index (χ1) is 15.2. The van der Waals surface area contributed by atoms with Gasteiger partial charge in [0.25, 0.3) is 0 Å². The molecule has 0 fully saturated rings. The van der Waals surface area contributed by atoms with E-state index in [1.165, 1.54) is 5.56 Å². The lowest BCUT2D eigenvalue weighted by Gasteiger charge is -2.19. The van der Waals surface area contributed by atoms with Crippen LogP contribution < -0.4 is 5.73 Å². The second-order valence-corrected chi connectivity index (χ2v) is 8.26. The van der Waals surface area contributed by atoms with Crippen molar-refractivity contribution in [2.45, 2.75) is 12.5 Å². The van der Waals surface area contributed by atoms with Gasteiger partial charge in [-0.3, -0.25) is 0 Å². The summed E-state index contributed by atoms with van der Waals surface area (Å²) in [6.45, 7) is 0.627. The summed E-state index contributed by atoms with van der Waals surface area (Å²) in [5.74, 6) is 0. The molecule has 0 saturated carbocycles. The van der Waals surface area contributed by atoms with E-state index >= 15 is 0 Å². The van der Waals surface area contributed by atoms with Gasteiger partial charge in [-0.1, -0.05) is 60.7 Å². The highest BCUT2D eigenvalue weighted by atomic mass is 32.1. The summed E-state index contributed by atoms with van der Waals surface area (Å²) in [5.41, 5.74) is 11.6. The van der Waals surface area contributed by atoms with Crippen LogP contribution in [0.2, 0.25) is 0 Å². The molecule has 0 aliphatic heterocycles. The molecule has 0 bridgehead atoms. The van der Waals surface area contributed by atoms with E-state index in [0.717, 1.165) is 38.6 Å². The third-order valence-corrected chi connectivity index (χ3v) is 6.29. The molecule has 1 atom stereocenters. The maximum absolute atomic E-state index is 9.48. The van der Waals surface area contributed by atoms with Crippen LogP contribution in [-0.2, 0) is 11.2 Å². The fraction of sp³-hybridized carbons (Fsp3) is 0.154. The summed E-state index contributed by atoms with van der Waals surface area (Å²) in [6.07, 6.45) is 2.40. The highest BCUT2D eigenvalue weighted by Gasteiger charge is 2.21. The number of ether oxygens (including phenoxy) is 1. The maximum atomic E-state index is 9.48. The van der Waals surface area contributed by atoms with Crippen LogP contribution in [0.5, 0.6) is 0 Å². The van der Waals surface area contributed by atoms with Crippen LogP contribution in [-0.4, -0.2) is 18.6 Å². The molecule has 1 unspecified atom stereocenters. The first kappa shape index (κ1) is 21.0. The monoisotopic (exact) mass is 425 g/mol. The summed E-state index contributed by atoms with van der Waals surface area (Å²) in [7, 11) is 1.69. The van der Waals surface area contributed by atoms with Gasteiger partial charge in [0.1, 0.15) is 11.1 Å². The van der Waals surface area contributed by atoms with E-state index in [2.05, 4.69) is 47.5 Å².